The van der Waals surface area contributed by atoms with Gasteiger partial charge in [0, 0.05) is 68.8 Å². The predicted molar refractivity (Wildman–Crippen MR) is 290 cm³/mol. The molecule has 318 valence electrons. The van der Waals surface area contributed by atoms with E-state index in [0.717, 1.165) is 40.3 Å². The first-order chi connectivity index (χ1) is 39.6. The predicted octanol–water partition coefficient (Wildman–Crippen LogP) is 17.1. The van der Waals surface area contributed by atoms with Crippen LogP contribution in [0.1, 0.15) is 28.9 Å². The average molecular weight is 925 g/mol. The fourth-order valence-electron chi connectivity index (χ4n) is 10.8. The van der Waals surface area contributed by atoms with E-state index in [-0.39, 0.29) is 50.0 Å². The smallest absolute Gasteiger partial charge is 0.104 e. The van der Waals surface area contributed by atoms with Crippen molar-refractivity contribution in [2.45, 2.75) is 0 Å². The molecule has 69 heavy (non-hydrogen) atoms. The van der Waals surface area contributed by atoms with Crippen LogP contribution in [-0.4, -0.2) is 13.7 Å². The summed E-state index contributed by atoms with van der Waals surface area (Å²) in [5.74, 6) is 0. The molecule has 0 saturated heterocycles. The molecule has 15 rings (SSSR count). The van der Waals surface area contributed by atoms with Crippen LogP contribution in [-0.2, 0) is 0 Å². The first kappa shape index (κ1) is 27.6. The van der Waals surface area contributed by atoms with Crippen LogP contribution in [0.15, 0.2) is 200 Å². The normalized spacial score (nSPS) is 14.7. The molecule has 5 heterocycles. The van der Waals surface area contributed by atoms with Gasteiger partial charge < -0.3 is 13.7 Å². The Bertz CT molecular complexity index is 5290. The molecule has 10 aromatic carbocycles. The van der Waals surface area contributed by atoms with Crippen molar-refractivity contribution in [1.29, 1.82) is 10.5 Å². The first-order valence-electron chi connectivity index (χ1n) is 28.4. The summed E-state index contributed by atoms with van der Waals surface area (Å²) in [5.41, 5.74) is -0.477. The molecule has 5 aromatic heterocycles. The maximum absolute atomic E-state index is 12.5. The van der Waals surface area contributed by atoms with E-state index >= 15 is 0 Å². The number of thiophene rings is 2. The van der Waals surface area contributed by atoms with Gasteiger partial charge in [-0.15, -0.1) is 22.7 Å². The summed E-state index contributed by atoms with van der Waals surface area (Å²) in [6, 6.07) is 34.6. The summed E-state index contributed by atoms with van der Waals surface area (Å²) < 4.78 is 130. The van der Waals surface area contributed by atoms with Crippen LogP contribution >= 0.6 is 22.7 Å². The van der Waals surface area contributed by atoms with E-state index in [1.807, 2.05) is 130 Å². The Balaban J connectivity index is 1.34. The fourth-order valence-corrected chi connectivity index (χ4v) is 13.3. The highest BCUT2D eigenvalue weighted by Gasteiger charge is 2.34. The second-order valence-electron chi connectivity index (χ2n) is 16.8. The number of para-hydroxylation sites is 4. The molecular formula is C62H33N5S2. The SMILES string of the molecule is [2H]c1c([2H])c([2H])c(-c2c(-n3c4ccccc4c4ccc5c6ccccc6sc5c43)c(C#N)c(-n3c4c([2H])c([2H])c([2H])c([2H])c4c4c([2H])c([2H])c([2H])c([2H])c43)c(C#N)c2-n2c3ccccc3c3ccc4c5ccccc5sc4c32)c([2H])c1[2H]. The molecule has 0 aliphatic carbocycles. The maximum Gasteiger partial charge on any atom is 0.104 e. The van der Waals surface area contributed by atoms with E-state index in [1.165, 1.54) is 27.2 Å². The lowest BCUT2D eigenvalue weighted by Crippen LogP contribution is -2.14. The van der Waals surface area contributed by atoms with E-state index < -0.39 is 89.7 Å². The van der Waals surface area contributed by atoms with E-state index in [1.54, 1.807) is 0 Å². The molecule has 0 aliphatic heterocycles. The van der Waals surface area contributed by atoms with E-state index in [4.69, 9.17) is 6.85 Å². The van der Waals surface area contributed by atoms with Crippen LogP contribution in [0.4, 0.5) is 0 Å². The Morgan fingerprint density at radius 3 is 1.28 bits per heavy atom. The monoisotopic (exact) mass is 924 g/mol. The highest BCUT2D eigenvalue weighted by Crippen LogP contribution is 2.52. The lowest BCUT2D eigenvalue weighted by Gasteiger charge is -2.26. The van der Waals surface area contributed by atoms with Gasteiger partial charge in [0.2, 0.25) is 0 Å². The molecule has 0 atom stereocenters. The number of aromatic nitrogens is 3. The van der Waals surface area contributed by atoms with E-state index in [2.05, 4.69) is 12.1 Å². The number of hydrogen-bond acceptors (Lipinski definition) is 4. The van der Waals surface area contributed by atoms with Gasteiger partial charge in [0.05, 0.1) is 77.4 Å². The third kappa shape index (κ3) is 5.05. The van der Waals surface area contributed by atoms with Gasteiger partial charge in [-0.05, 0) is 41.9 Å². The van der Waals surface area contributed by atoms with Gasteiger partial charge in [-0.1, -0.05) is 164 Å². The third-order valence-electron chi connectivity index (χ3n) is 13.5. The van der Waals surface area contributed by atoms with Crippen LogP contribution in [0.25, 0.3) is 134 Å². The maximum atomic E-state index is 12.5. The van der Waals surface area contributed by atoms with Gasteiger partial charge in [0.25, 0.3) is 0 Å². The van der Waals surface area contributed by atoms with Crippen molar-refractivity contribution >= 4 is 128 Å². The molecule has 0 fully saturated rings. The van der Waals surface area contributed by atoms with Gasteiger partial charge in [0.1, 0.15) is 23.3 Å². The van der Waals surface area contributed by atoms with Crippen LogP contribution in [0.3, 0.4) is 0 Å². The van der Waals surface area contributed by atoms with Gasteiger partial charge in [0.15, 0.2) is 0 Å². The lowest BCUT2D eigenvalue weighted by molar-refractivity contribution is 1.08. The van der Waals surface area contributed by atoms with Crippen molar-refractivity contribution in [1.82, 2.24) is 13.7 Å². The number of fused-ring (bicyclic) bond motifs is 17. The summed E-state index contributed by atoms with van der Waals surface area (Å²) >= 11 is 2.97. The van der Waals surface area contributed by atoms with E-state index in [9.17, 15) is 21.5 Å². The quantitative estimate of drug-likeness (QED) is 0.177. The summed E-state index contributed by atoms with van der Waals surface area (Å²) in [5, 5.41) is 30.8. The molecule has 15 aromatic rings. The molecule has 0 spiro atoms. The molecule has 5 nitrogen and oxygen atoms in total. The summed E-state index contributed by atoms with van der Waals surface area (Å²) in [6.07, 6.45) is 0. The molecule has 0 amide bonds. The standard InChI is InChI=1S/C62H33N5S2/c63-34-47-56(65-49-24-10-4-18-37(49)38-19-5-11-25-50(38)65)48(35-64)58(67-52-27-13-7-21-40(52)44-31-33-46-42-23-9-15-29-54(42)69-62(46)60(44)67)55(36-16-2-1-3-17-36)57(47)66-51-26-12-6-20-39(51)43-30-32-45-41-22-8-14-28-53(41)68-61(45)59(43)66/h1-33H/i1D,2D,3D,4D,5D,10D,11D,16D,17D,18D,19D,24D,25D. The second kappa shape index (κ2) is 14.3. The molecule has 0 aliphatic rings. The van der Waals surface area contributed by atoms with Crippen molar-refractivity contribution in [2.24, 2.45) is 0 Å². The Labute approximate surface area is 420 Å². The van der Waals surface area contributed by atoms with Crippen LogP contribution in [0, 0.1) is 22.7 Å². The zero-order valence-electron chi connectivity index (χ0n) is 48.6. The minimum Gasteiger partial charge on any atom is -0.306 e. The van der Waals surface area contributed by atoms with Crippen molar-refractivity contribution < 1.29 is 17.8 Å². The summed E-state index contributed by atoms with van der Waals surface area (Å²) in [7, 11) is 0. The fraction of sp³-hybridized carbons (Fsp3) is 0. The van der Waals surface area contributed by atoms with Crippen LogP contribution in [0.5, 0.6) is 0 Å². The van der Waals surface area contributed by atoms with Gasteiger partial charge >= 0.3 is 0 Å². The third-order valence-corrected chi connectivity index (χ3v) is 15.8. The topological polar surface area (TPSA) is 62.4 Å². The van der Waals surface area contributed by atoms with E-state index in [0.29, 0.717) is 43.6 Å². The number of nitrogens with zero attached hydrogens (tertiary/aromatic N) is 5. The van der Waals surface area contributed by atoms with Gasteiger partial charge in [-0.3, -0.25) is 0 Å². The number of benzene rings is 10. The van der Waals surface area contributed by atoms with Crippen LogP contribution in [0.2, 0.25) is 0 Å². The summed E-state index contributed by atoms with van der Waals surface area (Å²) in [6.45, 7) is 0. The highest BCUT2D eigenvalue weighted by atomic mass is 32.1. The van der Waals surface area contributed by atoms with Gasteiger partial charge in [-0.25, -0.2) is 0 Å². The molecular weight excluding hydrogens is 879 g/mol. The van der Waals surface area contributed by atoms with Crippen LogP contribution < -0.4 is 0 Å². The molecule has 0 radical (unpaired) electrons. The van der Waals surface area contributed by atoms with Crippen molar-refractivity contribution in [3.63, 3.8) is 0 Å². The Kier molecular flexibility index (Phi) is 5.71. The molecule has 0 saturated carbocycles. The number of hydrogen-bond donors (Lipinski definition) is 0. The number of rotatable bonds is 4. The molecule has 0 bridgehead atoms. The molecule has 0 N–H and O–H groups in total. The van der Waals surface area contributed by atoms with Crippen molar-refractivity contribution in [3.05, 3.63) is 211 Å². The number of nitriles is 2. The summed E-state index contributed by atoms with van der Waals surface area (Å²) in [4.78, 5) is 0. The second-order valence-corrected chi connectivity index (χ2v) is 18.9. The van der Waals surface area contributed by atoms with Gasteiger partial charge in [-0.2, -0.15) is 10.5 Å². The Morgan fingerprint density at radius 2 is 0.783 bits per heavy atom. The lowest BCUT2D eigenvalue weighted by atomic mass is 9.91. The minimum atomic E-state index is -0.728. The zero-order chi connectivity index (χ0) is 56.8. The first-order valence-corrected chi connectivity index (χ1v) is 23.5. The largest absolute Gasteiger partial charge is 0.306 e. The Morgan fingerprint density at radius 1 is 0.362 bits per heavy atom. The minimum absolute atomic E-state index is 0.0905. The average Bonchev–Trinajstić information content (AvgIpc) is 3.11. The Hall–Kier alpha value is -8.98. The zero-order valence-corrected chi connectivity index (χ0v) is 37.2. The van der Waals surface area contributed by atoms with Crippen molar-refractivity contribution in [3.8, 4) is 40.3 Å². The van der Waals surface area contributed by atoms with Crippen molar-refractivity contribution in [2.75, 3.05) is 0 Å². The molecule has 0 unspecified atom stereocenters. The molecule has 7 heteroatoms. The highest BCUT2D eigenvalue weighted by molar-refractivity contribution is 7.27.